The Kier molecular flexibility index (Phi) is 13.3. The lowest BCUT2D eigenvalue weighted by Gasteiger charge is -2.31. The van der Waals surface area contributed by atoms with Crippen molar-refractivity contribution >= 4 is 17.8 Å². The summed E-state index contributed by atoms with van der Waals surface area (Å²) in [5.41, 5.74) is -0.140. The third kappa shape index (κ3) is 9.59. The molecule has 1 aromatic heterocycles. The quantitative estimate of drug-likeness (QED) is 0.257. The monoisotopic (exact) mass is 588 g/mol. The first-order valence-corrected chi connectivity index (χ1v) is 14.0. The molecule has 4 atom stereocenters. The van der Waals surface area contributed by atoms with Crippen LogP contribution in [0.5, 0.6) is 17.2 Å². The summed E-state index contributed by atoms with van der Waals surface area (Å²) in [5, 5.41) is 2.74. The molecule has 2 heterocycles. The van der Waals surface area contributed by atoms with Gasteiger partial charge >= 0.3 is 11.9 Å². The van der Waals surface area contributed by atoms with E-state index in [9.17, 15) is 14.4 Å². The van der Waals surface area contributed by atoms with Gasteiger partial charge in [0.1, 0.15) is 30.6 Å². The van der Waals surface area contributed by atoms with Crippen molar-refractivity contribution in [2.75, 3.05) is 40.8 Å². The average Bonchev–Trinajstić information content (AvgIpc) is 3.04. The van der Waals surface area contributed by atoms with Gasteiger partial charge < -0.3 is 38.5 Å². The number of hydrogen-bond donors (Lipinski definition) is 1. The third-order valence-electron chi connectivity index (χ3n) is 6.75. The first kappa shape index (κ1) is 32.6. The van der Waals surface area contributed by atoms with Gasteiger partial charge in [0, 0.05) is 38.5 Å². The number of esters is 2. The summed E-state index contributed by atoms with van der Waals surface area (Å²) in [5.74, 6) is -1.01. The van der Waals surface area contributed by atoms with Gasteiger partial charge in [-0.25, -0.2) is 14.6 Å². The Balaban J connectivity index is 1.74. The fraction of sp³-hybridized carbons (Fsp3) is 0.533. The van der Waals surface area contributed by atoms with Gasteiger partial charge in [-0.2, -0.15) is 0 Å². The second-order valence-corrected chi connectivity index (χ2v) is 9.64. The number of hydrogen-bond acceptors (Lipinski definition) is 11. The van der Waals surface area contributed by atoms with E-state index in [1.165, 1.54) is 19.4 Å². The summed E-state index contributed by atoms with van der Waals surface area (Å²) in [4.78, 5) is 42.6. The highest BCUT2D eigenvalue weighted by atomic mass is 16.7. The van der Waals surface area contributed by atoms with Gasteiger partial charge in [-0.3, -0.25) is 4.79 Å². The molecule has 1 N–H and O–H groups in total. The zero-order valence-electron chi connectivity index (χ0n) is 24.5. The van der Waals surface area contributed by atoms with Crippen LogP contribution in [0.3, 0.4) is 0 Å². The molecule has 0 aliphatic carbocycles. The van der Waals surface area contributed by atoms with Gasteiger partial charge in [0.15, 0.2) is 17.2 Å². The van der Waals surface area contributed by atoms with E-state index in [1.807, 2.05) is 30.3 Å². The molecular weight excluding hydrogens is 548 g/mol. The Bertz CT molecular complexity index is 1150. The normalized spacial score (nSPS) is 20.7. The Morgan fingerprint density at radius 2 is 1.90 bits per heavy atom. The molecule has 1 saturated heterocycles. The maximum atomic E-state index is 13.4. The molecular formula is C30H40N2O10. The van der Waals surface area contributed by atoms with Crippen molar-refractivity contribution in [3.63, 3.8) is 0 Å². The predicted octanol–water partition coefficient (Wildman–Crippen LogP) is 3.32. The maximum absolute atomic E-state index is 13.4. The molecule has 2 aromatic rings. The number of cyclic esters (lactones) is 1. The Labute approximate surface area is 245 Å². The van der Waals surface area contributed by atoms with Gasteiger partial charge in [0.2, 0.25) is 6.79 Å². The molecule has 42 heavy (non-hydrogen) atoms. The molecule has 1 aromatic carbocycles. The first-order chi connectivity index (χ1) is 20.4. The van der Waals surface area contributed by atoms with Crippen LogP contribution in [0.4, 0.5) is 0 Å². The summed E-state index contributed by atoms with van der Waals surface area (Å²) >= 11 is 0. The number of aromatic nitrogens is 1. The van der Waals surface area contributed by atoms with E-state index in [2.05, 4.69) is 10.3 Å². The third-order valence-corrected chi connectivity index (χ3v) is 6.75. The fourth-order valence-electron chi connectivity index (χ4n) is 4.64. The molecule has 1 aliphatic heterocycles. The van der Waals surface area contributed by atoms with Crippen molar-refractivity contribution in [2.45, 2.75) is 57.8 Å². The molecule has 0 bridgehead atoms. The summed E-state index contributed by atoms with van der Waals surface area (Å²) in [7, 11) is 3.04. The minimum Gasteiger partial charge on any atom is -0.493 e. The highest BCUT2D eigenvalue weighted by Gasteiger charge is 2.36. The number of para-hydroxylation sites is 1. The molecule has 1 amide bonds. The minimum atomic E-state index is -0.941. The standard InChI is InChI=1S/C30H40N2O10/c1-5-38-18-25(33)39-19-40-28-24(37-4)14-16-31-26(28)29(34)32-23-13-9-10-21(15-17-36-3)27(20(2)41-30(23)35)42-22-11-7-6-8-12-22/h6-8,11-12,14,16,20-21,23,27H,5,9-10,13,15,17-19H2,1-4H3,(H,32,34)/t20-,21+,23-,27-/m0/s1. The van der Waals surface area contributed by atoms with Crippen molar-refractivity contribution in [1.82, 2.24) is 10.3 Å². The van der Waals surface area contributed by atoms with Crippen molar-refractivity contribution in [3.8, 4) is 17.2 Å². The number of nitrogens with zero attached hydrogens (tertiary/aromatic N) is 1. The van der Waals surface area contributed by atoms with E-state index in [0.29, 0.717) is 31.8 Å². The molecule has 1 aliphatic rings. The van der Waals surface area contributed by atoms with Gasteiger partial charge in [0.05, 0.1) is 7.11 Å². The highest BCUT2D eigenvalue weighted by Crippen LogP contribution is 2.31. The van der Waals surface area contributed by atoms with E-state index in [0.717, 1.165) is 12.8 Å². The first-order valence-electron chi connectivity index (χ1n) is 14.0. The lowest BCUT2D eigenvalue weighted by atomic mass is 9.89. The van der Waals surface area contributed by atoms with Crippen molar-refractivity contribution in [1.29, 1.82) is 0 Å². The number of pyridine rings is 1. The molecule has 230 valence electrons. The van der Waals surface area contributed by atoms with Crippen LogP contribution in [0.2, 0.25) is 0 Å². The molecule has 0 radical (unpaired) electrons. The van der Waals surface area contributed by atoms with Crippen LogP contribution in [0, 0.1) is 5.92 Å². The van der Waals surface area contributed by atoms with Crippen molar-refractivity contribution < 1.29 is 47.5 Å². The summed E-state index contributed by atoms with van der Waals surface area (Å²) < 4.78 is 38.4. The average molecular weight is 589 g/mol. The summed E-state index contributed by atoms with van der Waals surface area (Å²) in [6, 6.07) is 9.94. The van der Waals surface area contributed by atoms with Crippen LogP contribution in [-0.4, -0.2) is 81.9 Å². The van der Waals surface area contributed by atoms with E-state index in [-0.39, 0.29) is 29.7 Å². The SMILES string of the molecule is CCOCC(=O)OCOc1c(OC)ccnc1C(=O)N[C@H]1CCC[C@H](CCOC)[C@@H](Oc2ccccc2)[C@H](C)OC1=O. The van der Waals surface area contributed by atoms with Gasteiger partial charge in [-0.15, -0.1) is 0 Å². The fourth-order valence-corrected chi connectivity index (χ4v) is 4.64. The molecule has 0 unspecified atom stereocenters. The topological polar surface area (TPSA) is 141 Å². The molecule has 12 heteroatoms. The minimum absolute atomic E-state index is 0.0394. The van der Waals surface area contributed by atoms with Gasteiger partial charge in [0.25, 0.3) is 5.91 Å². The van der Waals surface area contributed by atoms with Crippen LogP contribution in [0.1, 0.15) is 50.0 Å². The second kappa shape index (κ2) is 17.1. The lowest BCUT2D eigenvalue weighted by Crippen LogP contribution is -2.45. The molecule has 0 spiro atoms. The largest absolute Gasteiger partial charge is 0.493 e. The second-order valence-electron chi connectivity index (χ2n) is 9.64. The van der Waals surface area contributed by atoms with Crippen LogP contribution in [0.25, 0.3) is 0 Å². The molecule has 0 saturated carbocycles. The van der Waals surface area contributed by atoms with Crippen molar-refractivity contribution in [3.05, 3.63) is 48.3 Å². The Hall–Kier alpha value is -3.90. The number of ether oxygens (including phenoxy) is 7. The van der Waals surface area contributed by atoms with Crippen molar-refractivity contribution in [2.24, 2.45) is 5.92 Å². The van der Waals surface area contributed by atoms with E-state index in [4.69, 9.17) is 33.2 Å². The number of carbonyl (C=O) groups excluding carboxylic acids is 3. The smallest absolute Gasteiger partial charge is 0.334 e. The Morgan fingerprint density at radius 1 is 1.12 bits per heavy atom. The zero-order chi connectivity index (χ0) is 30.3. The number of nitrogens with one attached hydrogen (secondary N) is 1. The molecule has 3 rings (SSSR count). The number of methoxy groups -OCH3 is 2. The molecule has 12 nitrogen and oxygen atoms in total. The van der Waals surface area contributed by atoms with Crippen LogP contribution in [0.15, 0.2) is 42.6 Å². The number of rotatable bonds is 14. The maximum Gasteiger partial charge on any atom is 0.334 e. The lowest BCUT2D eigenvalue weighted by molar-refractivity contribution is -0.156. The zero-order valence-corrected chi connectivity index (χ0v) is 24.5. The van der Waals surface area contributed by atoms with E-state index < -0.39 is 42.9 Å². The van der Waals surface area contributed by atoms with Gasteiger partial charge in [-0.1, -0.05) is 24.6 Å². The number of amides is 1. The number of benzene rings is 1. The van der Waals surface area contributed by atoms with Gasteiger partial charge in [-0.05, 0) is 45.2 Å². The highest BCUT2D eigenvalue weighted by molar-refractivity contribution is 5.98. The van der Waals surface area contributed by atoms with Crippen LogP contribution < -0.4 is 19.5 Å². The Morgan fingerprint density at radius 3 is 2.62 bits per heavy atom. The van der Waals surface area contributed by atoms with E-state index >= 15 is 0 Å². The van der Waals surface area contributed by atoms with Crippen LogP contribution in [-0.2, 0) is 28.5 Å². The predicted molar refractivity (Wildman–Crippen MR) is 150 cm³/mol. The summed E-state index contributed by atoms with van der Waals surface area (Å²) in [6.45, 7) is 3.70. The number of carbonyl (C=O) groups is 3. The van der Waals surface area contributed by atoms with E-state index in [1.54, 1.807) is 21.0 Å². The molecule has 1 fully saturated rings. The summed E-state index contributed by atoms with van der Waals surface area (Å²) in [6.07, 6.45) is 2.78. The van der Waals surface area contributed by atoms with Crippen LogP contribution >= 0.6 is 0 Å².